The average molecular weight is 380 g/mol. The van der Waals surface area contributed by atoms with Crippen molar-refractivity contribution in [3.05, 3.63) is 29.0 Å². The van der Waals surface area contributed by atoms with Gasteiger partial charge in [-0.25, -0.2) is 12.8 Å². The van der Waals surface area contributed by atoms with Crippen LogP contribution in [0, 0.1) is 11.7 Å². The number of hydrazine groups is 1. The van der Waals surface area contributed by atoms with Gasteiger partial charge in [0.15, 0.2) is 14.9 Å². The van der Waals surface area contributed by atoms with E-state index in [1.807, 2.05) is 0 Å². The summed E-state index contributed by atoms with van der Waals surface area (Å²) in [6.45, 7) is 0. The van der Waals surface area contributed by atoms with E-state index in [2.05, 4.69) is 16.2 Å². The Bertz CT molecular complexity index is 727. The number of carbonyl (C=O) groups excluding carboxylic acids is 1. The molecule has 1 amide bonds. The molecule has 1 saturated heterocycles. The fourth-order valence-electron chi connectivity index (χ4n) is 2.21. The lowest BCUT2D eigenvalue weighted by atomic mass is 10.1. The highest BCUT2D eigenvalue weighted by Gasteiger charge is 2.29. The minimum atomic E-state index is -3.00. The van der Waals surface area contributed by atoms with Crippen LogP contribution in [0.25, 0.3) is 0 Å². The number of sulfone groups is 1. The summed E-state index contributed by atoms with van der Waals surface area (Å²) < 4.78 is 35.7. The first-order chi connectivity index (χ1) is 10.7. The molecule has 0 radical (unpaired) electrons. The molecule has 1 fully saturated rings. The predicted molar refractivity (Wildman–Crippen MR) is 90.3 cm³/mol. The van der Waals surface area contributed by atoms with E-state index < -0.39 is 15.7 Å². The van der Waals surface area contributed by atoms with Gasteiger partial charge in [0.25, 0.3) is 0 Å². The van der Waals surface area contributed by atoms with E-state index in [9.17, 15) is 17.6 Å². The Labute approximate surface area is 143 Å². The lowest BCUT2D eigenvalue weighted by Crippen LogP contribution is -2.44. The van der Waals surface area contributed by atoms with Gasteiger partial charge in [0.05, 0.1) is 16.5 Å². The first-order valence-electron chi connectivity index (χ1n) is 6.76. The molecule has 0 spiro atoms. The molecule has 3 N–H and O–H groups in total. The highest BCUT2D eigenvalue weighted by Crippen LogP contribution is 2.21. The molecule has 1 aliphatic heterocycles. The maximum Gasteiger partial charge on any atom is 0.238 e. The Morgan fingerprint density at radius 2 is 2.13 bits per heavy atom. The first kappa shape index (κ1) is 17.9. The molecule has 0 saturated carbocycles. The van der Waals surface area contributed by atoms with E-state index in [4.69, 9.17) is 23.8 Å². The van der Waals surface area contributed by atoms with Gasteiger partial charge in [-0.05, 0) is 42.8 Å². The Balaban J connectivity index is 1.75. The summed E-state index contributed by atoms with van der Waals surface area (Å²) in [6.07, 6.45) is 0.601. The van der Waals surface area contributed by atoms with Crippen molar-refractivity contribution in [2.75, 3.05) is 16.8 Å². The number of benzene rings is 1. The van der Waals surface area contributed by atoms with Crippen molar-refractivity contribution < 1.29 is 17.6 Å². The molecule has 1 heterocycles. The third kappa shape index (κ3) is 5.60. The Hall–Kier alpha value is -1.45. The maximum absolute atomic E-state index is 13.0. The van der Waals surface area contributed by atoms with Crippen LogP contribution in [0.3, 0.4) is 0 Å². The summed E-state index contributed by atoms with van der Waals surface area (Å²) >= 11 is 10.6. The van der Waals surface area contributed by atoms with Crippen LogP contribution < -0.4 is 16.2 Å². The van der Waals surface area contributed by atoms with Crippen LogP contribution in [-0.4, -0.2) is 30.9 Å². The van der Waals surface area contributed by atoms with E-state index >= 15 is 0 Å². The predicted octanol–water partition coefficient (Wildman–Crippen LogP) is 1.62. The number of thiocarbonyl (C=S) groups is 1. The van der Waals surface area contributed by atoms with Crippen LogP contribution in [0.2, 0.25) is 5.02 Å². The van der Waals surface area contributed by atoms with Gasteiger partial charge in [0, 0.05) is 12.1 Å². The lowest BCUT2D eigenvalue weighted by molar-refractivity contribution is -0.122. The molecule has 1 aromatic rings. The monoisotopic (exact) mass is 379 g/mol. The van der Waals surface area contributed by atoms with E-state index in [1.165, 1.54) is 18.2 Å². The number of rotatable bonds is 3. The second-order valence-electron chi connectivity index (χ2n) is 5.23. The fourth-order valence-corrected chi connectivity index (χ4v) is 4.42. The highest BCUT2D eigenvalue weighted by molar-refractivity contribution is 7.91. The zero-order chi connectivity index (χ0) is 17.0. The average Bonchev–Trinajstić information content (AvgIpc) is 2.80. The third-order valence-electron chi connectivity index (χ3n) is 3.29. The SMILES string of the molecule is O=C(C[C@H]1CCS(=O)(=O)C1)NNC(=S)Nc1ccc(F)c(Cl)c1. The normalized spacial score (nSPS) is 19.1. The Kier molecular flexibility index (Phi) is 5.77. The molecule has 0 unspecified atom stereocenters. The van der Waals surface area contributed by atoms with Crippen LogP contribution in [-0.2, 0) is 14.6 Å². The molecule has 2 rings (SSSR count). The van der Waals surface area contributed by atoms with Crippen LogP contribution in [0.4, 0.5) is 10.1 Å². The molecule has 1 aliphatic rings. The molecule has 126 valence electrons. The minimum Gasteiger partial charge on any atom is -0.331 e. The number of carbonyl (C=O) groups is 1. The number of halogens is 2. The van der Waals surface area contributed by atoms with Gasteiger partial charge >= 0.3 is 0 Å². The van der Waals surface area contributed by atoms with Crippen molar-refractivity contribution in [3.8, 4) is 0 Å². The van der Waals surface area contributed by atoms with Gasteiger partial charge < -0.3 is 5.32 Å². The van der Waals surface area contributed by atoms with E-state index in [0.717, 1.165) is 0 Å². The minimum absolute atomic E-state index is 0.0389. The maximum atomic E-state index is 13.0. The van der Waals surface area contributed by atoms with Gasteiger partial charge in [-0.15, -0.1) is 0 Å². The van der Waals surface area contributed by atoms with E-state index in [0.29, 0.717) is 12.1 Å². The molecule has 0 bridgehead atoms. The smallest absolute Gasteiger partial charge is 0.238 e. The third-order valence-corrected chi connectivity index (χ3v) is 5.62. The number of hydrogen-bond acceptors (Lipinski definition) is 4. The van der Waals surface area contributed by atoms with Crippen molar-refractivity contribution in [2.24, 2.45) is 5.92 Å². The molecular formula is C13H15ClFN3O3S2. The van der Waals surface area contributed by atoms with Crippen molar-refractivity contribution in [2.45, 2.75) is 12.8 Å². The summed E-state index contributed by atoms with van der Waals surface area (Å²) in [5, 5.41) is 2.78. The van der Waals surface area contributed by atoms with Crippen molar-refractivity contribution in [1.82, 2.24) is 10.9 Å². The highest BCUT2D eigenvalue weighted by atomic mass is 35.5. The fraction of sp³-hybridized carbons (Fsp3) is 0.385. The summed E-state index contributed by atoms with van der Waals surface area (Å²) in [4.78, 5) is 11.7. The summed E-state index contributed by atoms with van der Waals surface area (Å²) in [5.41, 5.74) is 5.35. The Morgan fingerprint density at radius 1 is 1.39 bits per heavy atom. The summed E-state index contributed by atoms with van der Waals surface area (Å²) in [5.74, 6) is -0.899. The first-order valence-corrected chi connectivity index (χ1v) is 9.37. The Morgan fingerprint density at radius 3 is 2.74 bits per heavy atom. The van der Waals surface area contributed by atoms with Crippen LogP contribution in [0.15, 0.2) is 18.2 Å². The second-order valence-corrected chi connectivity index (χ2v) is 8.27. The van der Waals surface area contributed by atoms with Crippen molar-refractivity contribution in [3.63, 3.8) is 0 Å². The second kappa shape index (κ2) is 7.41. The van der Waals surface area contributed by atoms with Crippen LogP contribution in [0.5, 0.6) is 0 Å². The standard InChI is InChI=1S/C13H15ClFN3O3S2/c14-10-6-9(1-2-11(10)15)16-13(22)18-17-12(19)5-8-3-4-23(20,21)7-8/h1-2,6,8H,3-5,7H2,(H,17,19)(H2,16,18,22)/t8-/m1/s1. The molecule has 0 aliphatic carbocycles. The largest absolute Gasteiger partial charge is 0.331 e. The number of nitrogens with one attached hydrogen (secondary N) is 3. The van der Waals surface area contributed by atoms with Crippen LogP contribution in [0.1, 0.15) is 12.8 Å². The van der Waals surface area contributed by atoms with Gasteiger partial charge in [-0.3, -0.25) is 15.6 Å². The topological polar surface area (TPSA) is 87.3 Å². The zero-order valence-corrected chi connectivity index (χ0v) is 14.3. The number of hydrogen-bond donors (Lipinski definition) is 3. The molecule has 0 aromatic heterocycles. The van der Waals surface area contributed by atoms with Gasteiger partial charge in [-0.1, -0.05) is 11.6 Å². The molecule has 6 nitrogen and oxygen atoms in total. The molecule has 1 atom stereocenters. The quantitative estimate of drug-likeness (QED) is 0.546. The molecule has 1 aromatic carbocycles. The number of anilines is 1. The van der Waals surface area contributed by atoms with Gasteiger partial charge in [0.1, 0.15) is 5.82 Å². The van der Waals surface area contributed by atoms with E-state index in [1.54, 1.807) is 0 Å². The van der Waals surface area contributed by atoms with Crippen molar-refractivity contribution >= 4 is 50.4 Å². The summed E-state index contributed by atoms with van der Waals surface area (Å²) in [6, 6.07) is 3.99. The molecular weight excluding hydrogens is 365 g/mol. The lowest BCUT2D eigenvalue weighted by Gasteiger charge is -2.13. The molecule has 10 heteroatoms. The summed E-state index contributed by atoms with van der Waals surface area (Å²) in [7, 11) is -3.00. The van der Waals surface area contributed by atoms with Crippen molar-refractivity contribution in [1.29, 1.82) is 0 Å². The van der Waals surface area contributed by atoms with Gasteiger partial charge in [-0.2, -0.15) is 0 Å². The molecule has 23 heavy (non-hydrogen) atoms. The van der Waals surface area contributed by atoms with E-state index in [-0.39, 0.29) is 39.9 Å². The zero-order valence-electron chi connectivity index (χ0n) is 11.9. The number of amides is 1. The van der Waals surface area contributed by atoms with Crippen LogP contribution >= 0.6 is 23.8 Å². The van der Waals surface area contributed by atoms with Gasteiger partial charge in [0.2, 0.25) is 5.91 Å².